The molecular weight excluding hydrogens is 223 g/mol. The Hall–Kier alpha value is -0.770. The van der Waals surface area contributed by atoms with Crippen LogP contribution in [0.15, 0.2) is 18.2 Å². The predicted octanol–water partition coefficient (Wildman–Crippen LogP) is 1.74. The smallest absolute Gasteiger partial charge is 0.239 e. The molecule has 0 aliphatic heterocycles. The van der Waals surface area contributed by atoms with E-state index < -0.39 is 11.9 Å². The van der Waals surface area contributed by atoms with Crippen LogP contribution in [0.3, 0.4) is 0 Å². The average molecular weight is 233 g/mol. The fourth-order valence-corrected chi connectivity index (χ4v) is 1.83. The maximum absolute atomic E-state index is 11.1. The van der Waals surface area contributed by atoms with Gasteiger partial charge in [0.05, 0.1) is 0 Å². The van der Waals surface area contributed by atoms with Gasteiger partial charge in [-0.25, -0.2) is 0 Å². The molecule has 1 aromatic rings. The summed E-state index contributed by atoms with van der Waals surface area (Å²) in [5, 5.41) is 3.61. The van der Waals surface area contributed by atoms with E-state index in [1.165, 1.54) is 0 Å². The summed E-state index contributed by atoms with van der Waals surface area (Å²) in [6, 6.07) is 4.38. The number of hydrogen-bond donors (Lipinski definition) is 2. The number of hydrogen-bond acceptors (Lipinski definition) is 2. The van der Waals surface area contributed by atoms with Gasteiger partial charge in [0.2, 0.25) is 5.91 Å². The van der Waals surface area contributed by atoms with E-state index in [1.807, 2.05) is 0 Å². The zero-order chi connectivity index (χ0) is 10.7. The van der Waals surface area contributed by atoms with Crippen LogP contribution in [0.2, 0.25) is 10.0 Å². The molecule has 1 aromatic carbocycles. The second-order valence-electron chi connectivity index (χ2n) is 2.76. The first-order valence-corrected chi connectivity index (χ1v) is 4.74. The summed E-state index contributed by atoms with van der Waals surface area (Å²) in [6.45, 7) is 0. The van der Waals surface area contributed by atoms with E-state index in [9.17, 15) is 4.79 Å². The number of primary amides is 1. The Morgan fingerprint density at radius 2 is 1.93 bits per heavy atom. The fourth-order valence-electron chi connectivity index (χ4n) is 1.22. The highest BCUT2D eigenvalue weighted by Gasteiger charge is 2.20. The first-order chi connectivity index (χ1) is 6.57. The van der Waals surface area contributed by atoms with E-state index in [1.54, 1.807) is 25.2 Å². The second-order valence-corrected chi connectivity index (χ2v) is 3.57. The highest BCUT2D eigenvalue weighted by Crippen LogP contribution is 2.29. The molecule has 0 aliphatic rings. The third kappa shape index (κ3) is 2.18. The molecule has 0 radical (unpaired) electrons. The molecule has 76 valence electrons. The minimum Gasteiger partial charge on any atom is -0.368 e. The van der Waals surface area contributed by atoms with Gasteiger partial charge < -0.3 is 11.1 Å². The standard InChI is InChI=1S/C9H10Cl2N2O/c1-13-8(9(12)14)7-5(10)3-2-4-6(7)11/h2-4,8,13H,1H3,(H2,12,14)/t8-/m1/s1. The van der Waals surface area contributed by atoms with Crippen molar-refractivity contribution in [1.29, 1.82) is 0 Å². The van der Waals surface area contributed by atoms with Gasteiger partial charge >= 0.3 is 0 Å². The van der Waals surface area contributed by atoms with Crippen LogP contribution in [0, 0.1) is 0 Å². The Balaban J connectivity index is 3.22. The molecule has 0 saturated carbocycles. The molecule has 3 N–H and O–H groups in total. The highest BCUT2D eigenvalue weighted by atomic mass is 35.5. The molecule has 5 heteroatoms. The molecule has 1 rings (SSSR count). The summed E-state index contributed by atoms with van der Waals surface area (Å²) in [7, 11) is 1.62. The minimum absolute atomic E-state index is 0.427. The van der Waals surface area contributed by atoms with E-state index >= 15 is 0 Å². The number of benzene rings is 1. The van der Waals surface area contributed by atoms with Gasteiger partial charge in [0, 0.05) is 15.6 Å². The van der Waals surface area contributed by atoms with Crippen molar-refractivity contribution in [3.8, 4) is 0 Å². The topological polar surface area (TPSA) is 55.1 Å². The molecule has 0 bridgehead atoms. The first kappa shape index (κ1) is 11.3. The van der Waals surface area contributed by atoms with Crippen molar-refractivity contribution in [3.05, 3.63) is 33.8 Å². The Labute approximate surface area is 92.2 Å². The van der Waals surface area contributed by atoms with E-state index in [4.69, 9.17) is 28.9 Å². The normalized spacial score (nSPS) is 12.5. The van der Waals surface area contributed by atoms with Crippen molar-refractivity contribution in [3.63, 3.8) is 0 Å². The van der Waals surface area contributed by atoms with Gasteiger partial charge in [0.1, 0.15) is 6.04 Å². The van der Waals surface area contributed by atoms with Gasteiger partial charge in [-0.3, -0.25) is 4.79 Å². The Morgan fingerprint density at radius 1 is 1.43 bits per heavy atom. The molecule has 1 atom stereocenters. The summed E-state index contributed by atoms with van der Waals surface area (Å²) in [5.74, 6) is -0.512. The molecule has 0 spiro atoms. The number of rotatable bonds is 3. The number of nitrogens with two attached hydrogens (primary N) is 1. The average Bonchev–Trinajstić information content (AvgIpc) is 2.10. The molecule has 1 amide bonds. The van der Waals surface area contributed by atoms with Crippen LogP contribution >= 0.6 is 23.2 Å². The lowest BCUT2D eigenvalue weighted by molar-refractivity contribution is -0.120. The van der Waals surface area contributed by atoms with E-state index in [0.29, 0.717) is 15.6 Å². The zero-order valence-corrected chi connectivity index (χ0v) is 9.06. The van der Waals surface area contributed by atoms with Crippen molar-refractivity contribution in [2.24, 2.45) is 5.73 Å². The Bertz CT molecular complexity index is 334. The quantitative estimate of drug-likeness (QED) is 0.835. The van der Waals surface area contributed by atoms with Gasteiger partial charge in [-0.2, -0.15) is 0 Å². The van der Waals surface area contributed by atoms with Crippen LogP contribution in [-0.2, 0) is 4.79 Å². The van der Waals surface area contributed by atoms with Crippen LogP contribution in [-0.4, -0.2) is 13.0 Å². The maximum Gasteiger partial charge on any atom is 0.239 e. The number of halogens is 2. The molecular formula is C9H10Cl2N2O. The SMILES string of the molecule is CN[C@@H](C(N)=O)c1c(Cl)cccc1Cl. The number of amides is 1. The molecule has 0 fully saturated rings. The van der Waals surface area contributed by atoms with E-state index in [0.717, 1.165) is 0 Å². The second kappa shape index (κ2) is 4.64. The Morgan fingerprint density at radius 3 is 2.29 bits per heavy atom. The van der Waals surface area contributed by atoms with Gasteiger partial charge in [-0.05, 0) is 19.2 Å². The molecule has 0 saturated heterocycles. The summed E-state index contributed by atoms with van der Waals surface area (Å²) in [6.07, 6.45) is 0. The van der Waals surface area contributed by atoms with E-state index in [-0.39, 0.29) is 0 Å². The number of nitrogens with one attached hydrogen (secondary N) is 1. The summed E-state index contributed by atoms with van der Waals surface area (Å²) >= 11 is 11.8. The number of likely N-dealkylation sites (N-methyl/N-ethyl adjacent to an activating group) is 1. The third-order valence-corrected chi connectivity index (χ3v) is 2.52. The van der Waals surface area contributed by atoms with Gasteiger partial charge in [-0.15, -0.1) is 0 Å². The molecule has 0 aliphatic carbocycles. The third-order valence-electron chi connectivity index (χ3n) is 1.86. The summed E-state index contributed by atoms with van der Waals surface area (Å²) < 4.78 is 0. The van der Waals surface area contributed by atoms with E-state index in [2.05, 4.69) is 5.32 Å². The van der Waals surface area contributed by atoms with Crippen molar-refractivity contribution >= 4 is 29.1 Å². The molecule has 0 heterocycles. The summed E-state index contributed by atoms with van der Waals surface area (Å²) in [5.41, 5.74) is 5.72. The number of carbonyl (C=O) groups is 1. The lowest BCUT2D eigenvalue weighted by Gasteiger charge is -2.15. The first-order valence-electron chi connectivity index (χ1n) is 3.98. The minimum atomic E-state index is -0.656. The Kier molecular flexibility index (Phi) is 3.75. The van der Waals surface area contributed by atoms with Crippen molar-refractivity contribution in [2.75, 3.05) is 7.05 Å². The van der Waals surface area contributed by atoms with Crippen LogP contribution in [0.5, 0.6) is 0 Å². The lowest BCUT2D eigenvalue weighted by Crippen LogP contribution is -2.31. The fraction of sp³-hybridized carbons (Fsp3) is 0.222. The van der Waals surface area contributed by atoms with Crippen LogP contribution in [0.1, 0.15) is 11.6 Å². The highest BCUT2D eigenvalue weighted by molar-refractivity contribution is 6.36. The molecule has 14 heavy (non-hydrogen) atoms. The van der Waals surface area contributed by atoms with Crippen LogP contribution in [0.25, 0.3) is 0 Å². The maximum atomic E-state index is 11.1. The zero-order valence-electron chi connectivity index (χ0n) is 7.55. The van der Waals surface area contributed by atoms with Crippen LogP contribution in [0.4, 0.5) is 0 Å². The molecule has 0 unspecified atom stereocenters. The van der Waals surface area contributed by atoms with Crippen molar-refractivity contribution in [1.82, 2.24) is 5.32 Å². The van der Waals surface area contributed by atoms with Crippen LogP contribution < -0.4 is 11.1 Å². The largest absolute Gasteiger partial charge is 0.368 e. The van der Waals surface area contributed by atoms with Gasteiger partial charge in [0.15, 0.2) is 0 Å². The molecule has 3 nitrogen and oxygen atoms in total. The summed E-state index contributed by atoms with van der Waals surface area (Å²) in [4.78, 5) is 11.1. The molecule has 0 aromatic heterocycles. The van der Waals surface area contributed by atoms with Crippen molar-refractivity contribution in [2.45, 2.75) is 6.04 Å². The predicted molar refractivity (Wildman–Crippen MR) is 57.5 cm³/mol. The van der Waals surface area contributed by atoms with Gasteiger partial charge in [-0.1, -0.05) is 29.3 Å². The monoisotopic (exact) mass is 232 g/mol. The lowest BCUT2D eigenvalue weighted by atomic mass is 10.1. The van der Waals surface area contributed by atoms with Crippen molar-refractivity contribution < 1.29 is 4.79 Å². The van der Waals surface area contributed by atoms with Gasteiger partial charge in [0.25, 0.3) is 0 Å². The number of carbonyl (C=O) groups excluding carboxylic acids is 1.